The van der Waals surface area contributed by atoms with E-state index < -0.39 is 8.32 Å². The van der Waals surface area contributed by atoms with E-state index in [4.69, 9.17) is 4.53 Å². The molecule has 5 heteroatoms. The second kappa shape index (κ2) is 8.41. The Morgan fingerprint density at radius 3 is 1.61 bits per heavy atom. The molecule has 0 bridgehead atoms. The zero-order chi connectivity index (χ0) is 19.1. The molecule has 0 radical (unpaired) electrons. The molecule has 0 fully saturated rings. The fourth-order valence-corrected chi connectivity index (χ4v) is 6.73. The molecule has 4 nitrogen and oxygen atoms in total. The van der Waals surface area contributed by atoms with Crippen molar-refractivity contribution in [2.24, 2.45) is 5.16 Å². The SMILES string of the molecule is C(=N\O[Si](c1ccccc1)(c1ccccc1)c1ccccc1)/c1cnccn1. The second-order valence-electron chi connectivity index (χ2n) is 6.24. The number of aromatic nitrogens is 2. The largest absolute Gasteiger partial charge is 0.438 e. The third-order valence-electron chi connectivity index (χ3n) is 4.50. The molecule has 0 aliphatic heterocycles. The Hall–Kier alpha value is -3.57. The van der Waals surface area contributed by atoms with Gasteiger partial charge in [0.15, 0.2) is 0 Å². The quantitative estimate of drug-likeness (QED) is 0.223. The van der Waals surface area contributed by atoms with Crippen LogP contribution in [-0.4, -0.2) is 24.5 Å². The van der Waals surface area contributed by atoms with Gasteiger partial charge in [0, 0.05) is 12.4 Å². The van der Waals surface area contributed by atoms with Gasteiger partial charge in [-0.3, -0.25) is 9.97 Å². The predicted molar refractivity (Wildman–Crippen MR) is 115 cm³/mol. The summed E-state index contributed by atoms with van der Waals surface area (Å²) in [5, 5.41) is 7.76. The van der Waals surface area contributed by atoms with E-state index in [-0.39, 0.29) is 0 Å². The normalized spacial score (nSPS) is 11.4. The maximum absolute atomic E-state index is 6.43. The Morgan fingerprint density at radius 1 is 0.679 bits per heavy atom. The van der Waals surface area contributed by atoms with E-state index in [1.54, 1.807) is 24.8 Å². The fraction of sp³-hybridized carbons (Fsp3) is 0. The fourth-order valence-electron chi connectivity index (χ4n) is 3.21. The summed E-state index contributed by atoms with van der Waals surface area (Å²) in [7, 11) is -2.82. The van der Waals surface area contributed by atoms with Crippen LogP contribution in [0.3, 0.4) is 0 Å². The van der Waals surface area contributed by atoms with Crippen molar-refractivity contribution in [3.63, 3.8) is 0 Å². The van der Waals surface area contributed by atoms with E-state index in [1.807, 2.05) is 54.6 Å². The number of hydrogen-bond donors (Lipinski definition) is 0. The van der Waals surface area contributed by atoms with Crippen molar-refractivity contribution < 1.29 is 4.53 Å². The minimum Gasteiger partial charge on any atom is -0.438 e. The van der Waals surface area contributed by atoms with Crippen molar-refractivity contribution in [2.75, 3.05) is 0 Å². The molecule has 0 N–H and O–H groups in total. The molecule has 4 rings (SSSR count). The van der Waals surface area contributed by atoms with Crippen LogP contribution in [0.2, 0.25) is 0 Å². The molecule has 0 atom stereocenters. The van der Waals surface area contributed by atoms with Gasteiger partial charge in [-0.25, -0.2) is 0 Å². The van der Waals surface area contributed by atoms with E-state index >= 15 is 0 Å². The third kappa shape index (κ3) is 3.61. The molecule has 4 aromatic rings. The van der Waals surface area contributed by atoms with Crippen LogP contribution in [-0.2, 0) is 4.53 Å². The van der Waals surface area contributed by atoms with Gasteiger partial charge in [0.1, 0.15) is 5.69 Å². The van der Waals surface area contributed by atoms with E-state index in [9.17, 15) is 0 Å². The smallest absolute Gasteiger partial charge is 0.380 e. The second-order valence-corrected chi connectivity index (χ2v) is 9.51. The Kier molecular flexibility index (Phi) is 5.35. The van der Waals surface area contributed by atoms with E-state index in [2.05, 4.69) is 51.5 Å². The first kappa shape index (κ1) is 17.8. The van der Waals surface area contributed by atoms with Crippen LogP contribution in [0.1, 0.15) is 5.69 Å². The summed E-state index contributed by atoms with van der Waals surface area (Å²) in [6.07, 6.45) is 6.54. The first-order valence-corrected chi connectivity index (χ1v) is 10.9. The molecule has 1 aromatic heterocycles. The van der Waals surface area contributed by atoms with Gasteiger partial charge in [-0.2, -0.15) is 0 Å². The van der Waals surface area contributed by atoms with Gasteiger partial charge in [0.05, 0.1) is 12.4 Å². The van der Waals surface area contributed by atoms with Gasteiger partial charge in [-0.05, 0) is 15.6 Å². The lowest BCUT2D eigenvalue weighted by atomic mass is 10.3. The summed E-state index contributed by atoms with van der Waals surface area (Å²) in [5.41, 5.74) is 0.652. The highest BCUT2D eigenvalue weighted by Gasteiger charge is 2.44. The van der Waals surface area contributed by atoms with Crippen molar-refractivity contribution >= 4 is 30.1 Å². The topological polar surface area (TPSA) is 47.4 Å². The van der Waals surface area contributed by atoms with Crippen LogP contribution < -0.4 is 15.6 Å². The zero-order valence-corrected chi connectivity index (χ0v) is 16.2. The molecule has 0 spiro atoms. The van der Waals surface area contributed by atoms with Gasteiger partial charge in [0.25, 0.3) is 0 Å². The van der Waals surface area contributed by atoms with Crippen LogP contribution in [0.4, 0.5) is 0 Å². The lowest BCUT2D eigenvalue weighted by molar-refractivity contribution is 0.351. The predicted octanol–water partition coefficient (Wildman–Crippen LogP) is 2.49. The van der Waals surface area contributed by atoms with Gasteiger partial charge < -0.3 is 4.53 Å². The van der Waals surface area contributed by atoms with Gasteiger partial charge >= 0.3 is 8.32 Å². The van der Waals surface area contributed by atoms with Gasteiger partial charge in [-0.1, -0.05) is 91.0 Å². The summed E-state index contributed by atoms with van der Waals surface area (Å²) < 4.78 is 6.43. The first-order valence-electron chi connectivity index (χ1n) is 9.04. The highest BCUT2D eigenvalue weighted by Crippen LogP contribution is 2.10. The average Bonchev–Trinajstić information content (AvgIpc) is 2.79. The number of rotatable bonds is 6. The Labute approximate surface area is 165 Å². The minimum absolute atomic E-state index is 0.652. The summed E-state index contributed by atoms with van der Waals surface area (Å²) >= 11 is 0. The monoisotopic (exact) mass is 381 g/mol. The van der Waals surface area contributed by atoms with Crippen molar-refractivity contribution in [2.45, 2.75) is 0 Å². The number of oxime groups is 1. The first-order chi connectivity index (χ1) is 13.9. The molecule has 28 heavy (non-hydrogen) atoms. The van der Waals surface area contributed by atoms with Crippen LogP contribution in [0.25, 0.3) is 0 Å². The summed E-state index contributed by atoms with van der Waals surface area (Å²) in [6, 6.07) is 31.0. The number of nitrogens with zero attached hydrogens (tertiary/aromatic N) is 3. The highest BCUT2D eigenvalue weighted by atomic mass is 28.4. The molecule has 0 aliphatic rings. The van der Waals surface area contributed by atoms with Crippen LogP contribution in [0.5, 0.6) is 0 Å². The maximum Gasteiger partial charge on any atom is 0.380 e. The highest BCUT2D eigenvalue weighted by molar-refractivity contribution is 7.07. The molecule has 0 saturated heterocycles. The summed E-state index contributed by atoms with van der Waals surface area (Å²) in [5.74, 6) is 0. The maximum atomic E-state index is 6.43. The summed E-state index contributed by atoms with van der Waals surface area (Å²) in [4.78, 5) is 8.32. The number of hydrogen-bond acceptors (Lipinski definition) is 4. The molecular weight excluding hydrogens is 362 g/mol. The van der Waals surface area contributed by atoms with Crippen molar-refractivity contribution in [3.05, 3.63) is 115 Å². The lowest BCUT2D eigenvalue weighted by Crippen LogP contribution is -2.68. The average molecular weight is 382 g/mol. The third-order valence-corrected chi connectivity index (χ3v) is 8.32. The van der Waals surface area contributed by atoms with Crippen molar-refractivity contribution in [3.8, 4) is 0 Å². The minimum atomic E-state index is -2.82. The Bertz CT molecular complexity index is 930. The van der Waals surface area contributed by atoms with Crippen molar-refractivity contribution in [1.82, 2.24) is 9.97 Å². The summed E-state index contributed by atoms with van der Waals surface area (Å²) in [6.45, 7) is 0. The van der Waals surface area contributed by atoms with Crippen LogP contribution >= 0.6 is 0 Å². The molecular formula is C23H19N3OSi. The molecule has 0 aliphatic carbocycles. The van der Waals surface area contributed by atoms with Crippen molar-refractivity contribution in [1.29, 1.82) is 0 Å². The van der Waals surface area contributed by atoms with E-state index in [0.717, 1.165) is 15.6 Å². The number of benzene rings is 3. The van der Waals surface area contributed by atoms with E-state index in [0.29, 0.717) is 5.69 Å². The molecule has 0 unspecified atom stereocenters. The standard InChI is InChI=1S/C23H19N3OSi/c1-4-10-21(11-5-1)28(22-12-6-2-7-13-22,23-14-8-3-9-15-23)27-26-19-20-18-24-16-17-25-20/h1-19H/b26-19+. The molecule has 1 heterocycles. The molecule has 0 saturated carbocycles. The molecule has 0 amide bonds. The molecule has 3 aromatic carbocycles. The zero-order valence-electron chi connectivity index (χ0n) is 15.2. The van der Waals surface area contributed by atoms with Crippen LogP contribution in [0, 0.1) is 0 Å². The van der Waals surface area contributed by atoms with E-state index in [1.165, 1.54) is 0 Å². The van der Waals surface area contributed by atoms with Gasteiger partial charge in [-0.15, -0.1) is 5.16 Å². The lowest BCUT2D eigenvalue weighted by Gasteiger charge is -2.29. The van der Waals surface area contributed by atoms with Gasteiger partial charge in [0.2, 0.25) is 0 Å². The Morgan fingerprint density at radius 2 is 1.18 bits per heavy atom. The molecule has 136 valence electrons. The Balaban J connectivity index is 1.87. The van der Waals surface area contributed by atoms with Crippen LogP contribution in [0.15, 0.2) is 115 Å².